The molecule has 1 unspecified atom stereocenters. The van der Waals surface area contributed by atoms with E-state index in [1.807, 2.05) is 38.2 Å². The molecule has 0 saturated carbocycles. The second-order valence-corrected chi connectivity index (χ2v) is 5.94. The van der Waals surface area contributed by atoms with Crippen molar-refractivity contribution in [3.63, 3.8) is 0 Å². The third-order valence-corrected chi connectivity index (χ3v) is 3.79. The fraction of sp³-hybridized carbons (Fsp3) is 0.294. The smallest absolute Gasteiger partial charge is 0.287 e. The number of carbonyl (C=O) groups is 2. The Morgan fingerprint density at radius 3 is 2.76 bits per heavy atom. The zero-order chi connectivity index (χ0) is 17.8. The monoisotopic (exact) mass is 341 g/mol. The standard InChI is InChI=1S/C17H19N5O3/c1-11(2)15(19-16(23)12-6-5-9-25-12)17(24)18-10-14-21-20-13-7-3-4-8-22(13)14/h3-9,11,15H,10H2,1-2H3,(H,18,24)(H,19,23). The number of nitrogens with zero attached hydrogens (tertiary/aromatic N) is 3. The molecule has 0 fully saturated rings. The molecule has 25 heavy (non-hydrogen) atoms. The van der Waals surface area contributed by atoms with E-state index in [1.165, 1.54) is 6.26 Å². The van der Waals surface area contributed by atoms with Crippen molar-refractivity contribution >= 4 is 17.5 Å². The van der Waals surface area contributed by atoms with Crippen molar-refractivity contribution in [3.05, 3.63) is 54.4 Å². The molecule has 0 aromatic carbocycles. The Morgan fingerprint density at radius 1 is 1.20 bits per heavy atom. The Labute approximate surface area is 144 Å². The molecule has 8 heteroatoms. The summed E-state index contributed by atoms with van der Waals surface area (Å²) < 4.78 is 6.86. The first-order valence-electron chi connectivity index (χ1n) is 7.97. The predicted octanol–water partition coefficient (Wildman–Crippen LogP) is 1.39. The van der Waals surface area contributed by atoms with Crippen LogP contribution in [0.15, 0.2) is 47.2 Å². The summed E-state index contributed by atoms with van der Waals surface area (Å²) in [5, 5.41) is 13.6. The molecule has 2 amide bonds. The number of amides is 2. The second-order valence-electron chi connectivity index (χ2n) is 5.94. The number of carbonyl (C=O) groups excluding carboxylic acids is 2. The third-order valence-electron chi connectivity index (χ3n) is 3.79. The average molecular weight is 341 g/mol. The van der Waals surface area contributed by atoms with Crippen LogP contribution >= 0.6 is 0 Å². The molecule has 3 aromatic heterocycles. The summed E-state index contributed by atoms with van der Waals surface area (Å²) in [4.78, 5) is 24.6. The van der Waals surface area contributed by atoms with E-state index >= 15 is 0 Å². The maximum Gasteiger partial charge on any atom is 0.287 e. The number of rotatable bonds is 6. The van der Waals surface area contributed by atoms with Crippen LogP contribution in [0.4, 0.5) is 0 Å². The lowest BCUT2D eigenvalue weighted by Gasteiger charge is -2.21. The van der Waals surface area contributed by atoms with E-state index < -0.39 is 11.9 Å². The van der Waals surface area contributed by atoms with Crippen LogP contribution in [0.3, 0.4) is 0 Å². The van der Waals surface area contributed by atoms with Gasteiger partial charge in [0.15, 0.2) is 17.2 Å². The molecule has 8 nitrogen and oxygen atoms in total. The van der Waals surface area contributed by atoms with Gasteiger partial charge in [0.25, 0.3) is 5.91 Å². The number of aromatic nitrogens is 3. The number of nitrogens with one attached hydrogen (secondary N) is 2. The molecule has 0 bridgehead atoms. The third kappa shape index (κ3) is 3.68. The van der Waals surface area contributed by atoms with Gasteiger partial charge in [-0.1, -0.05) is 19.9 Å². The summed E-state index contributed by atoms with van der Waals surface area (Å²) in [6, 6.07) is 8.05. The van der Waals surface area contributed by atoms with Crippen LogP contribution in [0.2, 0.25) is 0 Å². The molecule has 3 heterocycles. The molecule has 0 aliphatic carbocycles. The first kappa shape index (κ1) is 16.7. The summed E-state index contributed by atoms with van der Waals surface area (Å²) >= 11 is 0. The van der Waals surface area contributed by atoms with Crippen LogP contribution < -0.4 is 10.6 Å². The zero-order valence-corrected chi connectivity index (χ0v) is 14.0. The topological polar surface area (TPSA) is 102 Å². The van der Waals surface area contributed by atoms with Gasteiger partial charge in [0, 0.05) is 6.20 Å². The van der Waals surface area contributed by atoms with Crippen LogP contribution in [0.25, 0.3) is 5.65 Å². The maximum absolute atomic E-state index is 12.5. The molecular weight excluding hydrogens is 322 g/mol. The number of pyridine rings is 1. The average Bonchev–Trinajstić information content (AvgIpc) is 3.27. The van der Waals surface area contributed by atoms with Gasteiger partial charge < -0.3 is 15.1 Å². The van der Waals surface area contributed by atoms with Gasteiger partial charge in [-0.05, 0) is 30.2 Å². The van der Waals surface area contributed by atoms with Crippen molar-refractivity contribution in [2.75, 3.05) is 0 Å². The SMILES string of the molecule is CC(C)C(NC(=O)c1ccco1)C(=O)NCc1nnc2ccccn12. The summed E-state index contributed by atoms with van der Waals surface area (Å²) in [7, 11) is 0. The normalized spacial score (nSPS) is 12.3. The Balaban J connectivity index is 1.66. The van der Waals surface area contributed by atoms with Gasteiger partial charge in [-0.2, -0.15) is 0 Å². The predicted molar refractivity (Wildman–Crippen MR) is 89.6 cm³/mol. The highest BCUT2D eigenvalue weighted by Gasteiger charge is 2.25. The van der Waals surface area contributed by atoms with E-state index in [9.17, 15) is 9.59 Å². The van der Waals surface area contributed by atoms with Crippen molar-refractivity contribution in [1.82, 2.24) is 25.2 Å². The summed E-state index contributed by atoms with van der Waals surface area (Å²) in [6.45, 7) is 3.93. The number of fused-ring (bicyclic) bond motifs is 1. The lowest BCUT2D eigenvalue weighted by Crippen LogP contribution is -2.49. The van der Waals surface area contributed by atoms with Crippen molar-refractivity contribution < 1.29 is 14.0 Å². The molecular formula is C17H19N5O3. The van der Waals surface area contributed by atoms with Crippen LogP contribution in [0.5, 0.6) is 0 Å². The molecule has 130 valence electrons. The molecule has 3 aromatic rings. The first-order valence-corrected chi connectivity index (χ1v) is 7.97. The van der Waals surface area contributed by atoms with E-state index in [0.717, 1.165) is 0 Å². The molecule has 0 radical (unpaired) electrons. The number of furan rings is 1. The van der Waals surface area contributed by atoms with Gasteiger partial charge in [0.2, 0.25) is 5.91 Å². The van der Waals surface area contributed by atoms with Gasteiger partial charge in [-0.15, -0.1) is 10.2 Å². The maximum atomic E-state index is 12.5. The van der Waals surface area contributed by atoms with Crippen LogP contribution in [0, 0.1) is 5.92 Å². The van der Waals surface area contributed by atoms with Crippen LogP contribution in [-0.4, -0.2) is 32.5 Å². The fourth-order valence-electron chi connectivity index (χ4n) is 2.44. The highest BCUT2D eigenvalue weighted by molar-refractivity contribution is 5.95. The van der Waals surface area contributed by atoms with Gasteiger partial charge in [-0.3, -0.25) is 14.0 Å². The van der Waals surface area contributed by atoms with E-state index in [0.29, 0.717) is 11.5 Å². The van der Waals surface area contributed by atoms with Gasteiger partial charge >= 0.3 is 0 Å². The Kier molecular flexibility index (Phi) is 4.78. The fourth-order valence-corrected chi connectivity index (χ4v) is 2.44. The number of hydrogen-bond acceptors (Lipinski definition) is 5. The molecule has 2 N–H and O–H groups in total. The second kappa shape index (κ2) is 7.16. The van der Waals surface area contributed by atoms with E-state index in [4.69, 9.17) is 4.42 Å². The molecule has 0 spiro atoms. The summed E-state index contributed by atoms with van der Waals surface area (Å²) in [6.07, 6.45) is 3.24. The van der Waals surface area contributed by atoms with Crippen LogP contribution in [0.1, 0.15) is 30.2 Å². The first-order chi connectivity index (χ1) is 12.1. The Hall–Kier alpha value is -3.16. The molecule has 3 rings (SSSR count). The van der Waals surface area contributed by atoms with Crippen molar-refractivity contribution in [3.8, 4) is 0 Å². The lowest BCUT2D eigenvalue weighted by atomic mass is 10.0. The van der Waals surface area contributed by atoms with Crippen molar-refractivity contribution in [1.29, 1.82) is 0 Å². The van der Waals surface area contributed by atoms with Crippen LogP contribution in [-0.2, 0) is 11.3 Å². The molecule has 0 aliphatic heterocycles. The minimum absolute atomic E-state index is 0.0888. The van der Waals surface area contributed by atoms with Crippen molar-refractivity contribution in [2.45, 2.75) is 26.4 Å². The largest absolute Gasteiger partial charge is 0.459 e. The van der Waals surface area contributed by atoms with E-state index in [1.54, 1.807) is 16.5 Å². The highest BCUT2D eigenvalue weighted by atomic mass is 16.3. The van der Waals surface area contributed by atoms with E-state index in [2.05, 4.69) is 20.8 Å². The zero-order valence-electron chi connectivity index (χ0n) is 14.0. The minimum atomic E-state index is -0.684. The Morgan fingerprint density at radius 2 is 2.04 bits per heavy atom. The molecule has 1 atom stereocenters. The lowest BCUT2D eigenvalue weighted by molar-refractivity contribution is -0.124. The summed E-state index contributed by atoms with van der Waals surface area (Å²) in [5.41, 5.74) is 0.707. The highest BCUT2D eigenvalue weighted by Crippen LogP contribution is 2.07. The van der Waals surface area contributed by atoms with Gasteiger partial charge in [0.05, 0.1) is 12.8 Å². The Bertz CT molecular complexity index is 869. The van der Waals surface area contributed by atoms with E-state index in [-0.39, 0.29) is 24.1 Å². The van der Waals surface area contributed by atoms with Crippen molar-refractivity contribution in [2.24, 2.45) is 5.92 Å². The summed E-state index contributed by atoms with van der Waals surface area (Å²) in [5.74, 6) is -0.0193. The molecule has 0 aliphatic rings. The quantitative estimate of drug-likeness (QED) is 0.705. The molecule has 0 saturated heterocycles. The minimum Gasteiger partial charge on any atom is -0.459 e. The number of hydrogen-bond donors (Lipinski definition) is 2. The van der Waals surface area contributed by atoms with Gasteiger partial charge in [-0.25, -0.2) is 0 Å². The van der Waals surface area contributed by atoms with Gasteiger partial charge in [0.1, 0.15) is 6.04 Å².